The van der Waals surface area contributed by atoms with Gasteiger partial charge >= 0.3 is 0 Å². The van der Waals surface area contributed by atoms with Crippen molar-refractivity contribution in [3.63, 3.8) is 0 Å². The number of rotatable bonds is 5. The summed E-state index contributed by atoms with van der Waals surface area (Å²) in [5.41, 5.74) is 0. The highest BCUT2D eigenvalue weighted by Crippen LogP contribution is 2.23. The molecular formula is C13H21ClN4. The molecule has 0 saturated carbocycles. The first-order valence-corrected chi connectivity index (χ1v) is 7.10. The summed E-state index contributed by atoms with van der Waals surface area (Å²) in [5.74, 6) is 1.57. The van der Waals surface area contributed by atoms with Gasteiger partial charge in [-0.1, -0.05) is 18.5 Å². The average molecular weight is 269 g/mol. The molecule has 0 amide bonds. The number of piperidine rings is 1. The second-order valence-electron chi connectivity index (χ2n) is 4.85. The van der Waals surface area contributed by atoms with Crippen LogP contribution in [-0.4, -0.2) is 36.1 Å². The fraction of sp³-hybridized carbons (Fsp3) is 0.692. The fourth-order valence-electron chi connectivity index (χ4n) is 2.48. The van der Waals surface area contributed by atoms with Gasteiger partial charge in [-0.2, -0.15) is 0 Å². The van der Waals surface area contributed by atoms with Crippen LogP contribution in [0.5, 0.6) is 0 Å². The van der Waals surface area contributed by atoms with Crippen molar-refractivity contribution in [1.82, 2.24) is 15.3 Å². The molecule has 1 fully saturated rings. The second kappa shape index (κ2) is 6.90. The van der Waals surface area contributed by atoms with E-state index in [1.165, 1.54) is 12.8 Å². The Balaban J connectivity index is 2.05. The third-order valence-electron chi connectivity index (χ3n) is 3.32. The van der Waals surface area contributed by atoms with E-state index in [2.05, 4.69) is 27.1 Å². The van der Waals surface area contributed by atoms with Crippen molar-refractivity contribution in [2.45, 2.75) is 26.2 Å². The molecule has 4 nitrogen and oxygen atoms in total. The van der Waals surface area contributed by atoms with E-state index in [0.717, 1.165) is 38.4 Å². The van der Waals surface area contributed by atoms with Crippen LogP contribution in [-0.2, 0) is 0 Å². The summed E-state index contributed by atoms with van der Waals surface area (Å²) in [7, 11) is 0. The summed E-state index contributed by atoms with van der Waals surface area (Å²) >= 11 is 6.19. The fourth-order valence-corrected chi connectivity index (χ4v) is 2.71. The van der Waals surface area contributed by atoms with Gasteiger partial charge in [0.05, 0.1) is 6.20 Å². The highest BCUT2D eigenvalue weighted by Gasteiger charge is 2.19. The first kappa shape index (κ1) is 13.6. The van der Waals surface area contributed by atoms with Crippen molar-refractivity contribution in [2.75, 3.05) is 31.1 Å². The monoisotopic (exact) mass is 268 g/mol. The van der Waals surface area contributed by atoms with Crippen molar-refractivity contribution in [1.29, 1.82) is 0 Å². The molecule has 1 atom stereocenters. The molecule has 0 bridgehead atoms. The van der Waals surface area contributed by atoms with E-state index in [1.807, 2.05) is 0 Å². The van der Waals surface area contributed by atoms with E-state index in [9.17, 15) is 0 Å². The molecule has 1 aromatic heterocycles. The minimum absolute atomic E-state index is 0.648. The molecule has 1 aromatic rings. The van der Waals surface area contributed by atoms with E-state index in [0.29, 0.717) is 10.9 Å². The lowest BCUT2D eigenvalue weighted by atomic mass is 9.99. The summed E-state index contributed by atoms with van der Waals surface area (Å²) in [5, 5.41) is 4.10. The van der Waals surface area contributed by atoms with Crippen molar-refractivity contribution < 1.29 is 0 Å². The lowest BCUT2D eigenvalue weighted by Crippen LogP contribution is -2.39. The van der Waals surface area contributed by atoms with Gasteiger partial charge < -0.3 is 10.2 Å². The standard InChI is InChI=1S/C13H21ClN4/c1-2-6-18(9-11-4-3-5-15-7-11)13-12(14)8-16-10-17-13/h8,10-11,15H,2-7,9H2,1H3. The number of nitrogens with one attached hydrogen (secondary N) is 1. The van der Waals surface area contributed by atoms with Crippen LogP contribution >= 0.6 is 11.6 Å². The summed E-state index contributed by atoms with van der Waals surface area (Å²) in [4.78, 5) is 10.6. The highest BCUT2D eigenvalue weighted by molar-refractivity contribution is 6.32. The molecule has 2 heterocycles. The number of hydrogen-bond acceptors (Lipinski definition) is 4. The van der Waals surface area contributed by atoms with Crippen LogP contribution in [0.2, 0.25) is 5.02 Å². The molecule has 1 unspecified atom stereocenters. The summed E-state index contributed by atoms with van der Waals surface area (Å²) in [6.07, 6.45) is 6.90. The van der Waals surface area contributed by atoms with Gasteiger partial charge in [0, 0.05) is 13.1 Å². The lowest BCUT2D eigenvalue weighted by Gasteiger charge is -2.31. The zero-order chi connectivity index (χ0) is 12.8. The van der Waals surface area contributed by atoms with Gasteiger partial charge in [0.2, 0.25) is 0 Å². The molecule has 0 spiro atoms. The Hall–Kier alpha value is -0.870. The van der Waals surface area contributed by atoms with E-state index in [4.69, 9.17) is 11.6 Å². The van der Waals surface area contributed by atoms with Crippen LogP contribution < -0.4 is 10.2 Å². The molecule has 0 aliphatic carbocycles. The molecule has 0 aromatic carbocycles. The normalized spacial score (nSPS) is 19.8. The minimum atomic E-state index is 0.648. The predicted molar refractivity (Wildman–Crippen MR) is 75.1 cm³/mol. The number of nitrogens with zero attached hydrogens (tertiary/aromatic N) is 3. The van der Waals surface area contributed by atoms with Gasteiger partial charge in [0.15, 0.2) is 5.82 Å². The lowest BCUT2D eigenvalue weighted by molar-refractivity contribution is 0.376. The number of hydrogen-bond donors (Lipinski definition) is 1. The van der Waals surface area contributed by atoms with E-state index in [1.54, 1.807) is 12.5 Å². The predicted octanol–water partition coefficient (Wildman–Crippen LogP) is 2.35. The van der Waals surface area contributed by atoms with E-state index in [-0.39, 0.29) is 0 Å². The van der Waals surface area contributed by atoms with Crippen LogP contribution in [0.25, 0.3) is 0 Å². The van der Waals surface area contributed by atoms with Crippen molar-refractivity contribution >= 4 is 17.4 Å². The summed E-state index contributed by atoms with van der Waals surface area (Å²) in [6.45, 7) is 6.45. The molecule has 18 heavy (non-hydrogen) atoms. The third-order valence-corrected chi connectivity index (χ3v) is 3.59. The molecule has 0 radical (unpaired) electrons. The molecule has 100 valence electrons. The topological polar surface area (TPSA) is 41.0 Å². The van der Waals surface area contributed by atoms with Gasteiger partial charge in [-0.25, -0.2) is 9.97 Å². The first-order valence-electron chi connectivity index (χ1n) is 6.72. The van der Waals surface area contributed by atoms with Crippen LogP contribution in [0.3, 0.4) is 0 Å². The number of halogens is 1. The van der Waals surface area contributed by atoms with Gasteiger partial charge in [0.25, 0.3) is 0 Å². The van der Waals surface area contributed by atoms with E-state index >= 15 is 0 Å². The Morgan fingerprint density at radius 3 is 3.11 bits per heavy atom. The molecular weight excluding hydrogens is 248 g/mol. The van der Waals surface area contributed by atoms with Gasteiger partial charge in [-0.05, 0) is 38.3 Å². The van der Waals surface area contributed by atoms with Crippen molar-refractivity contribution in [3.8, 4) is 0 Å². The Kier molecular flexibility index (Phi) is 5.20. The van der Waals surface area contributed by atoms with Gasteiger partial charge in [0.1, 0.15) is 11.3 Å². The van der Waals surface area contributed by atoms with Gasteiger partial charge in [-0.15, -0.1) is 0 Å². The van der Waals surface area contributed by atoms with Gasteiger partial charge in [-0.3, -0.25) is 0 Å². The maximum absolute atomic E-state index is 6.19. The SMILES string of the molecule is CCCN(CC1CCCNC1)c1ncncc1Cl. The second-order valence-corrected chi connectivity index (χ2v) is 5.26. The maximum atomic E-state index is 6.19. The average Bonchev–Trinajstić information content (AvgIpc) is 2.40. The Morgan fingerprint density at radius 2 is 2.44 bits per heavy atom. The maximum Gasteiger partial charge on any atom is 0.150 e. The summed E-state index contributed by atoms with van der Waals surface area (Å²) < 4.78 is 0. The number of anilines is 1. The first-order chi connectivity index (χ1) is 8.81. The minimum Gasteiger partial charge on any atom is -0.355 e. The Labute approximate surface area is 114 Å². The molecule has 2 rings (SSSR count). The van der Waals surface area contributed by atoms with Crippen LogP contribution in [0.4, 0.5) is 5.82 Å². The summed E-state index contributed by atoms with van der Waals surface area (Å²) in [6, 6.07) is 0. The van der Waals surface area contributed by atoms with E-state index < -0.39 is 0 Å². The Bertz CT molecular complexity index is 366. The van der Waals surface area contributed by atoms with Crippen molar-refractivity contribution in [2.24, 2.45) is 5.92 Å². The van der Waals surface area contributed by atoms with Crippen LogP contribution in [0.1, 0.15) is 26.2 Å². The van der Waals surface area contributed by atoms with Crippen molar-refractivity contribution in [3.05, 3.63) is 17.5 Å². The molecule has 1 aliphatic heterocycles. The molecule has 1 saturated heterocycles. The third kappa shape index (κ3) is 3.56. The Morgan fingerprint density at radius 1 is 1.56 bits per heavy atom. The zero-order valence-electron chi connectivity index (χ0n) is 10.9. The molecule has 1 N–H and O–H groups in total. The molecule has 5 heteroatoms. The number of aromatic nitrogens is 2. The van der Waals surface area contributed by atoms with Crippen LogP contribution in [0, 0.1) is 5.92 Å². The smallest absolute Gasteiger partial charge is 0.150 e. The zero-order valence-corrected chi connectivity index (χ0v) is 11.7. The quantitative estimate of drug-likeness (QED) is 0.890. The highest BCUT2D eigenvalue weighted by atomic mass is 35.5. The largest absolute Gasteiger partial charge is 0.355 e. The molecule has 1 aliphatic rings. The van der Waals surface area contributed by atoms with Crippen LogP contribution in [0.15, 0.2) is 12.5 Å².